The van der Waals surface area contributed by atoms with Crippen LogP contribution in [0.2, 0.25) is 0 Å². The van der Waals surface area contributed by atoms with E-state index in [9.17, 15) is 4.79 Å². The quantitative estimate of drug-likeness (QED) is 0.414. The summed E-state index contributed by atoms with van der Waals surface area (Å²) < 4.78 is 0. The minimum Gasteiger partial charge on any atom is -0.508 e. The third kappa shape index (κ3) is 9.78. The highest BCUT2D eigenvalue weighted by Gasteiger charge is 2.02. The van der Waals surface area contributed by atoms with Gasteiger partial charge in [-0.05, 0) is 36.4 Å². The number of carbonyl (C=O) groups is 2. The second kappa shape index (κ2) is 13.3. The molecule has 0 aliphatic carbocycles. The van der Waals surface area contributed by atoms with Crippen molar-refractivity contribution in [3.8, 4) is 28.7 Å². The zero-order valence-corrected chi connectivity index (χ0v) is 14.3. The Hall–Kier alpha value is -4.00. The molecule has 7 nitrogen and oxygen atoms in total. The molecule has 5 N–H and O–H groups in total. The summed E-state index contributed by atoms with van der Waals surface area (Å²) in [6.07, 6.45) is 0.407. The molecule has 0 atom stereocenters. The summed E-state index contributed by atoms with van der Waals surface area (Å²) in [5.41, 5.74) is -0.0671. The molecule has 0 unspecified atom stereocenters. The highest BCUT2D eigenvalue weighted by molar-refractivity contribution is 5.83. The molecule has 0 aromatic heterocycles. The minimum atomic E-state index is -0.199. The van der Waals surface area contributed by atoms with Crippen LogP contribution < -0.4 is 0 Å². The number of rotatable bonds is 1. The fourth-order valence-corrected chi connectivity index (χ4v) is 1.58. The van der Waals surface area contributed by atoms with Crippen molar-refractivity contribution >= 4 is 13.1 Å². The molecular weight excluding hydrogens is 352 g/mol. The van der Waals surface area contributed by atoms with E-state index in [4.69, 9.17) is 30.3 Å². The van der Waals surface area contributed by atoms with Crippen LogP contribution in [0.5, 0.6) is 28.7 Å². The Bertz CT molecular complexity index is 767. The van der Waals surface area contributed by atoms with Crippen molar-refractivity contribution < 1.29 is 35.1 Å². The Kier molecular flexibility index (Phi) is 11.3. The van der Waals surface area contributed by atoms with Crippen LogP contribution in [0.1, 0.15) is 10.4 Å². The van der Waals surface area contributed by atoms with Gasteiger partial charge in [-0.2, -0.15) is 0 Å². The molecule has 0 amide bonds. The van der Waals surface area contributed by atoms with E-state index in [0.717, 1.165) is 0 Å². The number of benzene rings is 3. The van der Waals surface area contributed by atoms with E-state index in [-0.39, 0.29) is 28.6 Å². The van der Waals surface area contributed by atoms with E-state index in [2.05, 4.69) is 0 Å². The number of phenols is 5. The monoisotopic (exact) mass is 372 g/mol. The van der Waals surface area contributed by atoms with E-state index in [0.29, 0.717) is 12.0 Å². The number of hydrogen-bond donors (Lipinski definition) is 5. The average molecular weight is 372 g/mol. The van der Waals surface area contributed by atoms with Gasteiger partial charge in [-0.3, -0.25) is 4.79 Å². The Balaban J connectivity index is 0.000000364. The van der Waals surface area contributed by atoms with Gasteiger partial charge < -0.3 is 30.3 Å². The van der Waals surface area contributed by atoms with Crippen molar-refractivity contribution in [2.75, 3.05) is 0 Å². The summed E-state index contributed by atoms with van der Waals surface area (Å²) in [7, 11) is 0. The fraction of sp³-hybridized carbons (Fsp3) is 0. The predicted octanol–water partition coefficient (Wildman–Crippen LogP) is 3.22. The number of aldehydes is 1. The molecule has 0 saturated carbocycles. The highest BCUT2D eigenvalue weighted by Crippen LogP contribution is 2.23. The molecule has 142 valence electrons. The van der Waals surface area contributed by atoms with E-state index >= 15 is 0 Å². The first-order valence-corrected chi connectivity index (χ1v) is 7.41. The molecule has 3 rings (SSSR count). The van der Waals surface area contributed by atoms with Crippen LogP contribution in [0.4, 0.5) is 0 Å². The van der Waals surface area contributed by atoms with Crippen LogP contribution in [0.15, 0.2) is 72.8 Å². The number of para-hydroxylation sites is 1. The number of hydrogen-bond acceptors (Lipinski definition) is 7. The molecule has 0 fully saturated rings. The summed E-state index contributed by atoms with van der Waals surface area (Å²) in [4.78, 5) is 18.1. The molecule has 0 spiro atoms. The van der Waals surface area contributed by atoms with Crippen LogP contribution in [-0.2, 0) is 4.79 Å². The molecule has 3 aromatic carbocycles. The van der Waals surface area contributed by atoms with Crippen molar-refractivity contribution in [2.24, 2.45) is 0 Å². The normalized spacial score (nSPS) is 8.44. The van der Waals surface area contributed by atoms with Crippen LogP contribution >= 0.6 is 0 Å². The van der Waals surface area contributed by atoms with Crippen LogP contribution in [-0.4, -0.2) is 38.6 Å². The Morgan fingerprint density at radius 1 is 0.593 bits per heavy atom. The summed E-state index contributed by atoms with van der Waals surface area (Å²) in [5.74, 6) is 0.0995. The van der Waals surface area contributed by atoms with Crippen LogP contribution in [0.3, 0.4) is 0 Å². The molecular formula is C20H20O7. The van der Waals surface area contributed by atoms with E-state index in [1.165, 1.54) is 36.4 Å². The Labute approximate surface area is 156 Å². The maximum absolute atomic E-state index is 10.1. The standard InChI is InChI=1S/C7H6O3.C6H6O2.C6H6O.CH2O/c8-4-5-6(9)2-1-3-7(5)10;7-5-2-1-3-6(8)4-5;7-6-4-2-1-3-5-6;1-2/h1-4,9-10H;1-4,7-8H;1-5,7H;1H2. The van der Waals surface area contributed by atoms with E-state index in [1.807, 2.05) is 12.9 Å². The van der Waals surface area contributed by atoms with Crippen molar-refractivity contribution in [1.29, 1.82) is 0 Å². The average Bonchev–Trinajstić information content (AvgIpc) is 2.65. The number of carbonyl (C=O) groups excluding carboxylic acids is 2. The van der Waals surface area contributed by atoms with Crippen molar-refractivity contribution in [2.45, 2.75) is 0 Å². The number of aromatic hydroxyl groups is 5. The first kappa shape index (κ1) is 23.0. The summed E-state index contributed by atoms with van der Waals surface area (Å²) in [6.45, 7) is 2.00. The maximum atomic E-state index is 10.1. The van der Waals surface area contributed by atoms with Gasteiger partial charge in [-0.15, -0.1) is 0 Å². The molecule has 0 bridgehead atoms. The third-order valence-corrected chi connectivity index (χ3v) is 2.76. The molecule has 0 aliphatic heterocycles. The third-order valence-electron chi connectivity index (χ3n) is 2.76. The first-order chi connectivity index (χ1) is 12.9. The summed E-state index contributed by atoms with van der Waals surface area (Å²) >= 11 is 0. The lowest BCUT2D eigenvalue weighted by atomic mass is 10.2. The second-order valence-electron chi connectivity index (χ2n) is 4.68. The maximum Gasteiger partial charge on any atom is 0.157 e. The van der Waals surface area contributed by atoms with E-state index in [1.54, 1.807) is 30.3 Å². The lowest BCUT2D eigenvalue weighted by Gasteiger charge is -1.97. The molecule has 0 aliphatic rings. The smallest absolute Gasteiger partial charge is 0.157 e. The molecule has 27 heavy (non-hydrogen) atoms. The SMILES string of the molecule is C=O.O=Cc1c(O)cccc1O.Oc1cccc(O)c1.Oc1ccccc1. The lowest BCUT2D eigenvalue weighted by Crippen LogP contribution is -1.80. The van der Waals surface area contributed by atoms with Gasteiger partial charge >= 0.3 is 0 Å². The highest BCUT2D eigenvalue weighted by atomic mass is 16.3. The Morgan fingerprint density at radius 3 is 1.26 bits per heavy atom. The largest absolute Gasteiger partial charge is 0.508 e. The Morgan fingerprint density at radius 2 is 1.00 bits per heavy atom. The van der Waals surface area contributed by atoms with Gasteiger partial charge in [0.25, 0.3) is 0 Å². The zero-order valence-electron chi connectivity index (χ0n) is 14.3. The van der Waals surface area contributed by atoms with Gasteiger partial charge in [0.1, 0.15) is 35.5 Å². The van der Waals surface area contributed by atoms with Crippen LogP contribution in [0.25, 0.3) is 0 Å². The van der Waals surface area contributed by atoms with Crippen molar-refractivity contribution in [3.05, 3.63) is 78.4 Å². The van der Waals surface area contributed by atoms with Gasteiger partial charge in [-0.25, -0.2) is 0 Å². The molecule has 0 heterocycles. The zero-order chi connectivity index (χ0) is 20.7. The van der Waals surface area contributed by atoms with Gasteiger partial charge in [-0.1, -0.05) is 30.3 Å². The van der Waals surface area contributed by atoms with Crippen molar-refractivity contribution in [1.82, 2.24) is 0 Å². The van der Waals surface area contributed by atoms with Crippen LogP contribution in [0, 0.1) is 0 Å². The van der Waals surface area contributed by atoms with Gasteiger partial charge in [0.2, 0.25) is 0 Å². The van der Waals surface area contributed by atoms with Gasteiger partial charge in [0.15, 0.2) is 6.29 Å². The summed E-state index contributed by atoms with van der Waals surface area (Å²) in [5, 5.41) is 43.7. The minimum absolute atomic E-state index is 0.0671. The fourth-order valence-electron chi connectivity index (χ4n) is 1.58. The summed E-state index contributed by atoms with van der Waals surface area (Å²) in [6, 6.07) is 18.7. The predicted molar refractivity (Wildman–Crippen MR) is 100 cm³/mol. The van der Waals surface area contributed by atoms with Gasteiger partial charge in [0.05, 0.1) is 5.56 Å². The number of phenolic OH excluding ortho intramolecular Hbond substituents is 5. The van der Waals surface area contributed by atoms with Gasteiger partial charge in [0, 0.05) is 6.07 Å². The molecule has 7 heteroatoms. The first-order valence-electron chi connectivity index (χ1n) is 7.41. The molecule has 3 aromatic rings. The van der Waals surface area contributed by atoms with Crippen molar-refractivity contribution in [3.63, 3.8) is 0 Å². The lowest BCUT2D eigenvalue weighted by molar-refractivity contribution is -0.0980. The molecule has 0 saturated heterocycles. The topological polar surface area (TPSA) is 135 Å². The second-order valence-corrected chi connectivity index (χ2v) is 4.68. The van der Waals surface area contributed by atoms with E-state index < -0.39 is 0 Å². The molecule has 0 radical (unpaired) electrons.